The van der Waals surface area contributed by atoms with Gasteiger partial charge in [-0.3, -0.25) is 9.59 Å². The average molecular weight is 775 g/mol. The van der Waals surface area contributed by atoms with E-state index in [1.54, 1.807) is 0 Å². The van der Waals surface area contributed by atoms with Crippen LogP contribution in [-0.4, -0.2) is 87.4 Å². The van der Waals surface area contributed by atoms with Crippen LogP contribution in [0.15, 0.2) is 60.8 Å². The number of hydrogen-bond donors (Lipinski definition) is 1. The molecule has 0 heterocycles. The predicted molar refractivity (Wildman–Crippen MR) is 226 cm³/mol. The van der Waals surface area contributed by atoms with Crippen LogP contribution in [0.5, 0.6) is 0 Å². The number of hydrogen-bond acceptors (Lipinski definition) is 7. The van der Waals surface area contributed by atoms with Crippen molar-refractivity contribution in [3.8, 4) is 0 Å². The summed E-state index contributed by atoms with van der Waals surface area (Å²) in [4.78, 5) is 37.0. The molecule has 0 aromatic carbocycles. The molecule has 0 rings (SSSR count). The van der Waals surface area contributed by atoms with Crippen molar-refractivity contribution in [1.29, 1.82) is 0 Å². The van der Waals surface area contributed by atoms with Crippen LogP contribution in [0.25, 0.3) is 0 Å². The van der Waals surface area contributed by atoms with Gasteiger partial charge >= 0.3 is 17.9 Å². The zero-order chi connectivity index (χ0) is 40.7. The number of carboxylic acid groups (broad SMARTS) is 1. The Hall–Kier alpha value is -3.01. The molecule has 316 valence electrons. The second kappa shape index (κ2) is 37.9. The second-order valence-electron chi connectivity index (χ2n) is 15.3. The Morgan fingerprint density at radius 2 is 1.04 bits per heavy atom. The molecule has 0 aliphatic heterocycles. The number of esters is 2. The number of carbonyl (C=O) groups is 3. The van der Waals surface area contributed by atoms with Gasteiger partial charge in [0, 0.05) is 12.8 Å². The monoisotopic (exact) mass is 775 g/mol. The van der Waals surface area contributed by atoms with E-state index < -0.39 is 24.3 Å². The largest absolute Gasteiger partial charge is 0.477 e. The summed E-state index contributed by atoms with van der Waals surface area (Å²) >= 11 is 0. The van der Waals surface area contributed by atoms with Gasteiger partial charge in [-0.05, 0) is 70.6 Å². The zero-order valence-corrected chi connectivity index (χ0v) is 35.6. The van der Waals surface area contributed by atoms with Crippen molar-refractivity contribution in [2.45, 2.75) is 167 Å². The van der Waals surface area contributed by atoms with E-state index in [2.05, 4.69) is 74.6 Å². The first-order chi connectivity index (χ1) is 26.6. The fraction of sp³-hybridized carbons (Fsp3) is 0.717. The van der Waals surface area contributed by atoms with E-state index in [0.29, 0.717) is 17.4 Å². The first-order valence-electron chi connectivity index (χ1n) is 21.5. The molecule has 0 saturated heterocycles. The highest BCUT2D eigenvalue weighted by Crippen LogP contribution is 2.13. The number of aliphatic carboxylic acids is 1. The lowest BCUT2D eigenvalue weighted by molar-refractivity contribution is -0.870. The lowest BCUT2D eigenvalue weighted by Crippen LogP contribution is -2.40. The molecule has 0 saturated carbocycles. The maximum absolute atomic E-state index is 12.7. The Morgan fingerprint density at radius 3 is 1.55 bits per heavy atom. The van der Waals surface area contributed by atoms with Crippen molar-refractivity contribution in [3.05, 3.63) is 60.8 Å². The Bertz CT molecular complexity index is 1090. The minimum Gasteiger partial charge on any atom is -0.477 e. The number of carbonyl (C=O) groups excluding carboxylic acids is 2. The van der Waals surface area contributed by atoms with Crippen molar-refractivity contribution in [2.24, 2.45) is 0 Å². The molecule has 55 heavy (non-hydrogen) atoms. The van der Waals surface area contributed by atoms with Gasteiger partial charge < -0.3 is 28.5 Å². The third-order valence-electron chi connectivity index (χ3n) is 8.74. The topological polar surface area (TPSA) is 108 Å². The molecule has 0 radical (unpaired) electrons. The Kier molecular flexibility index (Phi) is 35.8. The Balaban J connectivity index is 4.51. The van der Waals surface area contributed by atoms with E-state index >= 15 is 0 Å². The molecule has 1 N–H and O–H groups in total. The molecular formula is C46H80NO8+. The fourth-order valence-electron chi connectivity index (χ4n) is 5.42. The third-order valence-corrected chi connectivity index (χ3v) is 8.74. The summed E-state index contributed by atoms with van der Waals surface area (Å²) in [6, 6.07) is 0. The number of unbranched alkanes of at least 4 members (excludes halogenated alkanes) is 13. The van der Waals surface area contributed by atoms with Crippen LogP contribution in [0.1, 0.15) is 155 Å². The van der Waals surface area contributed by atoms with E-state index in [9.17, 15) is 19.5 Å². The van der Waals surface area contributed by atoms with Crippen LogP contribution in [0.2, 0.25) is 0 Å². The summed E-state index contributed by atoms with van der Waals surface area (Å²) in [7, 11) is 5.94. The molecule has 0 aliphatic carbocycles. The van der Waals surface area contributed by atoms with Gasteiger partial charge in [-0.2, -0.15) is 0 Å². The lowest BCUT2D eigenvalue weighted by atomic mass is 10.1. The van der Waals surface area contributed by atoms with Crippen LogP contribution in [0, 0.1) is 0 Å². The molecule has 0 bridgehead atoms. The predicted octanol–water partition coefficient (Wildman–Crippen LogP) is 11.0. The molecule has 2 unspecified atom stereocenters. The van der Waals surface area contributed by atoms with Gasteiger partial charge in [-0.15, -0.1) is 0 Å². The smallest absolute Gasteiger partial charge is 0.361 e. The lowest BCUT2D eigenvalue weighted by Gasteiger charge is -2.25. The maximum atomic E-state index is 12.7. The summed E-state index contributed by atoms with van der Waals surface area (Å²) in [5.74, 6) is -2.05. The number of nitrogens with zero attached hydrogens (tertiary/aromatic N) is 1. The Morgan fingerprint density at radius 1 is 0.564 bits per heavy atom. The van der Waals surface area contributed by atoms with Crippen LogP contribution in [0.3, 0.4) is 0 Å². The molecule has 9 nitrogen and oxygen atoms in total. The van der Waals surface area contributed by atoms with E-state index in [0.717, 1.165) is 96.3 Å². The zero-order valence-electron chi connectivity index (χ0n) is 35.6. The summed E-state index contributed by atoms with van der Waals surface area (Å²) in [5.41, 5.74) is 0. The van der Waals surface area contributed by atoms with Gasteiger partial charge in [0.2, 0.25) is 0 Å². The summed E-state index contributed by atoms with van der Waals surface area (Å²) in [5, 5.41) is 9.62. The van der Waals surface area contributed by atoms with Crippen molar-refractivity contribution < 1.29 is 42.9 Å². The summed E-state index contributed by atoms with van der Waals surface area (Å²) in [6.07, 6.45) is 41.3. The molecule has 0 amide bonds. The van der Waals surface area contributed by atoms with Gasteiger partial charge in [0.25, 0.3) is 6.29 Å². The molecular weight excluding hydrogens is 695 g/mol. The summed E-state index contributed by atoms with van der Waals surface area (Å²) in [6.45, 7) is 4.64. The molecule has 0 aromatic heterocycles. The van der Waals surface area contributed by atoms with E-state index in [1.165, 1.54) is 25.7 Å². The van der Waals surface area contributed by atoms with Gasteiger partial charge in [0.1, 0.15) is 13.2 Å². The van der Waals surface area contributed by atoms with Gasteiger partial charge in [-0.25, -0.2) is 4.79 Å². The van der Waals surface area contributed by atoms with E-state index in [-0.39, 0.29) is 38.6 Å². The average Bonchev–Trinajstić information content (AvgIpc) is 3.14. The molecule has 0 aliphatic rings. The SMILES string of the molecule is CC/C=C\C/C=C\C/C=C\CCCCCCCCCC(=O)OC(COC(=O)CCCCCCC/C=C\C/C=C\CCC)COC(OCC[N+](C)(C)C)C(=O)O. The van der Waals surface area contributed by atoms with Gasteiger partial charge in [-0.1, -0.05) is 132 Å². The standard InChI is InChI=1S/C46H79NO8/c1-6-8-10-12-14-16-18-20-21-22-23-25-27-29-31-33-35-37-44(49)55-42(41-54-46(45(50)51)52-39-38-47(3,4)5)40-53-43(48)36-34-32-30-28-26-24-19-17-15-13-11-9-7-2/h8,10-11,13-14,16-17,19-21,42,46H,6-7,9,12,15,18,22-41H2,1-5H3/p+1/b10-8-,13-11-,16-14-,19-17-,21-20-. The molecule has 0 aromatic rings. The number of ether oxygens (including phenoxy) is 4. The quantitative estimate of drug-likeness (QED) is 0.0217. The van der Waals surface area contributed by atoms with E-state index in [1.807, 2.05) is 21.1 Å². The van der Waals surface area contributed by atoms with Crippen molar-refractivity contribution >= 4 is 17.9 Å². The fourth-order valence-corrected chi connectivity index (χ4v) is 5.42. The van der Waals surface area contributed by atoms with Crippen molar-refractivity contribution in [1.82, 2.24) is 0 Å². The van der Waals surface area contributed by atoms with Crippen LogP contribution in [-0.2, 0) is 33.3 Å². The first kappa shape index (κ1) is 52.0. The maximum Gasteiger partial charge on any atom is 0.361 e. The number of likely N-dealkylation sites (N-methyl/N-ethyl adjacent to an activating group) is 1. The molecule has 9 heteroatoms. The normalized spacial score (nSPS) is 13.5. The number of allylic oxidation sites excluding steroid dienone is 10. The van der Waals surface area contributed by atoms with E-state index in [4.69, 9.17) is 18.9 Å². The van der Waals surface area contributed by atoms with Gasteiger partial charge in [0.15, 0.2) is 6.10 Å². The minimum absolute atomic E-state index is 0.180. The molecule has 0 fully saturated rings. The Labute approximate surface area is 335 Å². The molecule has 2 atom stereocenters. The van der Waals surface area contributed by atoms with Crippen LogP contribution >= 0.6 is 0 Å². The van der Waals surface area contributed by atoms with Gasteiger partial charge in [0.05, 0.1) is 34.4 Å². The van der Waals surface area contributed by atoms with Crippen LogP contribution in [0.4, 0.5) is 0 Å². The second-order valence-corrected chi connectivity index (χ2v) is 15.3. The minimum atomic E-state index is -1.52. The van der Waals surface area contributed by atoms with Crippen LogP contribution < -0.4 is 0 Å². The highest BCUT2D eigenvalue weighted by Gasteiger charge is 2.25. The highest BCUT2D eigenvalue weighted by atomic mass is 16.7. The highest BCUT2D eigenvalue weighted by molar-refractivity contribution is 5.71. The first-order valence-corrected chi connectivity index (χ1v) is 21.5. The van der Waals surface area contributed by atoms with Crippen molar-refractivity contribution in [3.63, 3.8) is 0 Å². The van der Waals surface area contributed by atoms with Crippen molar-refractivity contribution in [2.75, 3.05) is 47.5 Å². The number of carboxylic acids is 1. The summed E-state index contributed by atoms with van der Waals surface area (Å²) < 4.78 is 22.7. The number of quaternary nitrogens is 1. The molecule has 0 spiro atoms. The third kappa shape index (κ3) is 39.0. The number of rotatable bonds is 38.